The Balaban J connectivity index is 1.88. The molecule has 0 aliphatic carbocycles. The number of benzene rings is 2. The number of hydrogen-bond donors (Lipinski definition) is 3. The van der Waals surface area contributed by atoms with Crippen molar-refractivity contribution in [1.82, 2.24) is 5.32 Å². The minimum Gasteiger partial charge on any atom is -0.493 e. The number of nitrogens with one attached hydrogen (secondary N) is 2. The maximum atomic E-state index is 12.3. The zero-order chi connectivity index (χ0) is 20.5. The van der Waals surface area contributed by atoms with E-state index in [-0.39, 0.29) is 18.2 Å². The summed E-state index contributed by atoms with van der Waals surface area (Å²) in [6.45, 7) is 4.34. The molecule has 0 atom stereocenters. The summed E-state index contributed by atoms with van der Waals surface area (Å²) >= 11 is 0. The number of anilines is 1. The third-order valence-electron chi connectivity index (χ3n) is 3.71. The lowest BCUT2D eigenvalue weighted by Gasteiger charge is -2.10. The number of amides is 2. The second-order valence-corrected chi connectivity index (χ2v) is 6.73. The van der Waals surface area contributed by atoms with E-state index in [1.54, 1.807) is 48.5 Å². The molecule has 0 radical (unpaired) electrons. The molecule has 2 aromatic rings. The first-order valence-electron chi connectivity index (χ1n) is 8.95. The normalized spacial score (nSPS) is 10.4. The highest BCUT2D eigenvalue weighted by atomic mass is 16.5. The van der Waals surface area contributed by atoms with Gasteiger partial charge in [-0.2, -0.15) is 0 Å². The molecule has 2 aromatic carbocycles. The third kappa shape index (κ3) is 7.11. The Morgan fingerprint density at radius 3 is 2.21 bits per heavy atom. The number of ether oxygens (including phenoxy) is 1. The number of carbonyl (C=O) groups is 3. The van der Waals surface area contributed by atoms with Crippen molar-refractivity contribution in [1.29, 1.82) is 0 Å². The molecule has 148 valence electrons. The number of hydrogen-bond acceptors (Lipinski definition) is 4. The van der Waals surface area contributed by atoms with Crippen molar-refractivity contribution < 1.29 is 24.2 Å². The molecule has 0 heterocycles. The van der Waals surface area contributed by atoms with Gasteiger partial charge in [0.1, 0.15) is 12.3 Å². The van der Waals surface area contributed by atoms with Crippen LogP contribution in [0.15, 0.2) is 48.5 Å². The molecule has 0 spiro atoms. The lowest BCUT2D eigenvalue weighted by molar-refractivity contribution is -0.137. The Labute approximate surface area is 163 Å². The van der Waals surface area contributed by atoms with E-state index >= 15 is 0 Å². The van der Waals surface area contributed by atoms with Crippen molar-refractivity contribution in [2.75, 3.05) is 18.5 Å². The summed E-state index contributed by atoms with van der Waals surface area (Å²) in [5.41, 5.74) is 1.82. The van der Waals surface area contributed by atoms with Crippen LogP contribution in [0.2, 0.25) is 0 Å². The molecule has 0 fully saturated rings. The molecule has 2 amide bonds. The number of carbonyl (C=O) groups excluding carboxylic acids is 2. The molecule has 28 heavy (non-hydrogen) atoms. The first-order valence-corrected chi connectivity index (χ1v) is 8.95. The fourth-order valence-electron chi connectivity index (χ4n) is 2.30. The predicted octanol–water partition coefficient (Wildman–Crippen LogP) is 2.72. The molecule has 7 nitrogen and oxygen atoms in total. The highest BCUT2D eigenvalue weighted by Crippen LogP contribution is 2.16. The van der Waals surface area contributed by atoms with Crippen LogP contribution in [0.5, 0.6) is 5.75 Å². The molecule has 0 aromatic heterocycles. The van der Waals surface area contributed by atoms with E-state index in [1.807, 2.05) is 0 Å². The largest absolute Gasteiger partial charge is 0.493 e. The first-order chi connectivity index (χ1) is 13.3. The van der Waals surface area contributed by atoms with Crippen molar-refractivity contribution in [2.45, 2.75) is 20.3 Å². The molecular weight excluding hydrogens is 360 g/mol. The van der Waals surface area contributed by atoms with E-state index in [0.29, 0.717) is 29.3 Å². The molecule has 0 bridgehead atoms. The van der Waals surface area contributed by atoms with Gasteiger partial charge in [0.2, 0.25) is 5.91 Å². The second-order valence-electron chi connectivity index (χ2n) is 6.73. The highest BCUT2D eigenvalue weighted by molar-refractivity contribution is 6.04. The zero-order valence-electron chi connectivity index (χ0n) is 15.9. The van der Waals surface area contributed by atoms with Crippen LogP contribution in [-0.4, -0.2) is 36.0 Å². The Morgan fingerprint density at radius 2 is 1.64 bits per heavy atom. The summed E-state index contributed by atoms with van der Waals surface area (Å²) in [4.78, 5) is 34.4. The fourth-order valence-corrected chi connectivity index (χ4v) is 2.30. The molecule has 3 N–H and O–H groups in total. The monoisotopic (exact) mass is 384 g/mol. The van der Waals surface area contributed by atoms with E-state index in [9.17, 15) is 14.4 Å². The molecule has 0 saturated heterocycles. The summed E-state index contributed by atoms with van der Waals surface area (Å²) in [7, 11) is 0. The second kappa shape index (κ2) is 10.1. The quantitative estimate of drug-likeness (QED) is 0.617. The SMILES string of the molecule is CC(C)COc1ccc(C(=O)Nc2ccc(CC(=O)NCC(=O)O)cc2)cc1. The van der Waals surface area contributed by atoms with Crippen molar-refractivity contribution in [3.05, 3.63) is 59.7 Å². The number of carboxylic acid groups (broad SMARTS) is 1. The smallest absolute Gasteiger partial charge is 0.322 e. The van der Waals surface area contributed by atoms with E-state index in [4.69, 9.17) is 9.84 Å². The van der Waals surface area contributed by atoms with Crippen LogP contribution >= 0.6 is 0 Å². The van der Waals surface area contributed by atoms with Gasteiger partial charge in [0, 0.05) is 11.3 Å². The summed E-state index contributed by atoms with van der Waals surface area (Å²) < 4.78 is 5.60. The average molecular weight is 384 g/mol. The Morgan fingerprint density at radius 1 is 1.00 bits per heavy atom. The van der Waals surface area contributed by atoms with Gasteiger partial charge >= 0.3 is 5.97 Å². The summed E-state index contributed by atoms with van der Waals surface area (Å²) in [5.74, 6) is -0.572. The molecule has 2 rings (SSSR count). The van der Waals surface area contributed by atoms with E-state index < -0.39 is 12.5 Å². The van der Waals surface area contributed by atoms with Gasteiger partial charge in [-0.15, -0.1) is 0 Å². The van der Waals surface area contributed by atoms with Crippen LogP contribution in [0, 0.1) is 5.92 Å². The van der Waals surface area contributed by atoms with Crippen LogP contribution < -0.4 is 15.4 Å². The van der Waals surface area contributed by atoms with Gasteiger partial charge in [-0.3, -0.25) is 14.4 Å². The van der Waals surface area contributed by atoms with Gasteiger partial charge in [0.25, 0.3) is 5.91 Å². The van der Waals surface area contributed by atoms with Crippen LogP contribution in [0.4, 0.5) is 5.69 Å². The number of aliphatic carboxylic acids is 1. The minimum atomic E-state index is -1.09. The van der Waals surface area contributed by atoms with Crippen LogP contribution in [0.1, 0.15) is 29.8 Å². The summed E-state index contributed by atoms with van der Waals surface area (Å²) in [6, 6.07) is 13.7. The molecular formula is C21H24N2O5. The Bertz CT molecular complexity index is 814. The first kappa shape index (κ1) is 21.0. The number of carboxylic acids is 1. The highest BCUT2D eigenvalue weighted by Gasteiger charge is 2.08. The fraction of sp³-hybridized carbons (Fsp3) is 0.286. The van der Waals surface area contributed by atoms with E-state index in [2.05, 4.69) is 24.5 Å². The Kier molecular flexibility index (Phi) is 7.56. The summed E-state index contributed by atoms with van der Waals surface area (Å²) in [5, 5.41) is 13.6. The predicted molar refractivity (Wildman–Crippen MR) is 106 cm³/mol. The van der Waals surface area contributed by atoms with Crippen molar-refractivity contribution in [2.24, 2.45) is 5.92 Å². The molecule has 0 saturated carbocycles. The standard InChI is InChI=1S/C21H24N2O5/c1-14(2)13-28-18-9-5-16(6-10-18)21(27)23-17-7-3-15(4-8-17)11-19(24)22-12-20(25)26/h3-10,14H,11-13H2,1-2H3,(H,22,24)(H,23,27)(H,25,26). The maximum Gasteiger partial charge on any atom is 0.322 e. The van der Waals surface area contributed by atoms with Gasteiger partial charge in [-0.1, -0.05) is 26.0 Å². The number of rotatable bonds is 9. The third-order valence-corrected chi connectivity index (χ3v) is 3.71. The van der Waals surface area contributed by atoms with Gasteiger partial charge < -0.3 is 20.5 Å². The van der Waals surface area contributed by atoms with Crippen LogP contribution in [-0.2, 0) is 16.0 Å². The molecule has 0 aliphatic heterocycles. The average Bonchev–Trinajstić information content (AvgIpc) is 2.66. The zero-order valence-corrected chi connectivity index (χ0v) is 15.9. The van der Waals surface area contributed by atoms with Gasteiger partial charge in [0.15, 0.2) is 0 Å². The van der Waals surface area contributed by atoms with Gasteiger partial charge in [0.05, 0.1) is 13.0 Å². The van der Waals surface area contributed by atoms with Crippen LogP contribution in [0.25, 0.3) is 0 Å². The van der Waals surface area contributed by atoms with Gasteiger partial charge in [-0.05, 0) is 47.9 Å². The molecule has 0 aliphatic rings. The topological polar surface area (TPSA) is 105 Å². The van der Waals surface area contributed by atoms with E-state index in [0.717, 1.165) is 5.75 Å². The lowest BCUT2D eigenvalue weighted by Crippen LogP contribution is -2.30. The molecule has 7 heteroatoms. The molecule has 0 unspecified atom stereocenters. The lowest BCUT2D eigenvalue weighted by atomic mass is 10.1. The Hall–Kier alpha value is -3.35. The maximum absolute atomic E-state index is 12.3. The van der Waals surface area contributed by atoms with Gasteiger partial charge in [-0.25, -0.2) is 0 Å². The van der Waals surface area contributed by atoms with Crippen molar-refractivity contribution >= 4 is 23.5 Å². The van der Waals surface area contributed by atoms with Crippen LogP contribution in [0.3, 0.4) is 0 Å². The summed E-state index contributed by atoms with van der Waals surface area (Å²) in [6.07, 6.45) is 0.0688. The van der Waals surface area contributed by atoms with Crippen molar-refractivity contribution in [3.8, 4) is 5.75 Å². The van der Waals surface area contributed by atoms with Crippen molar-refractivity contribution in [3.63, 3.8) is 0 Å². The van der Waals surface area contributed by atoms with E-state index in [1.165, 1.54) is 0 Å². The minimum absolute atomic E-state index is 0.0688.